The van der Waals surface area contributed by atoms with E-state index in [2.05, 4.69) is 4.98 Å². The molecule has 31 heavy (non-hydrogen) atoms. The first kappa shape index (κ1) is 18.6. The van der Waals surface area contributed by atoms with Gasteiger partial charge in [0.25, 0.3) is 0 Å². The van der Waals surface area contributed by atoms with Gasteiger partial charge >= 0.3 is 11.6 Å². The molecule has 2 aromatic heterocycles. The third kappa shape index (κ3) is 3.53. The van der Waals surface area contributed by atoms with Crippen molar-refractivity contribution in [1.82, 2.24) is 4.98 Å². The molecule has 0 atom stereocenters. The Hall–Kier alpha value is -4.39. The average Bonchev–Trinajstić information content (AvgIpc) is 3.22. The first-order chi connectivity index (χ1) is 15.1. The SMILES string of the molecule is COc1cccc(C(=O)Oc2ccc3cc(-c4nc5ccccc5o4)c(=O)oc3c2)c1. The maximum absolute atomic E-state index is 12.5. The molecule has 0 radical (unpaired) electrons. The lowest BCUT2D eigenvalue weighted by Gasteiger charge is -2.07. The summed E-state index contributed by atoms with van der Waals surface area (Å²) in [6.07, 6.45) is 0. The standard InChI is InChI=1S/C24H15NO6/c1-28-16-6-4-5-15(11-16)23(26)29-17-10-9-14-12-18(24(27)31-21(14)13-17)22-25-19-7-2-3-8-20(19)30-22/h2-13H,1H3. The topological polar surface area (TPSA) is 91.8 Å². The summed E-state index contributed by atoms with van der Waals surface area (Å²) >= 11 is 0. The van der Waals surface area contributed by atoms with Crippen LogP contribution in [0.25, 0.3) is 33.5 Å². The monoisotopic (exact) mass is 413 g/mol. The van der Waals surface area contributed by atoms with Gasteiger partial charge < -0.3 is 18.3 Å². The van der Waals surface area contributed by atoms with E-state index in [1.807, 2.05) is 12.1 Å². The number of benzene rings is 3. The molecular weight excluding hydrogens is 398 g/mol. The highest BCUT2D eigenvalue weighted by Crippen LogP contribution is 2.27. The summed E-state index contributed by atoms with van der Waals surface area (Å²) in [5.74, 6) is 0.429. The van der Waals surface area contributed by atoms with E-state index in [0.717, 1.165) is 0 Å². The number of oxazole rings is 1. The lowest BCUT2D eigenvalue weighted by atomic mass is 10.1. The van der Waals surface area contributed by atoms with Crippen molar-refractivity contribution in [2.75, 3.05) is 7.11 Å². The van der Waals surface area contributed by atoms with Gasteiger partial charge in [-0.2, -0.15) is 0 Å². The zero-order chi connectivity index (χ0) is 21.4. The molecule has 152 valence electrons. The molecule has 0 saturated carbocycles. The van der Waals surface area contributed by atoms with Crippen molar-refractivity contribution in [3.63, 3.8) is 0 Å². The molecule has 0 fully saturated rings. The Kier molecular flexibility index (Phi) is 4.48. The van der Waals surface area contributed by atoms with Gasteiger partial charge in [-0.05, 0) is 48.5 Å². The number of rotatable bonds is 4. The van der Waals surface area contributed by atoms with Crippen molar-refractivity contribution in [1.29, 1.82) is 0 Å². The maximum atomic E-state index is 12.5. The summed E-state index contributed by atoms with van der Waals surface area (Å²) in [7, 11) is 1.52. The van der Waals surface area contributed by atoms with Crippen LogP contribution < -0.4 is 15.1 Å². The number of carbonyl (C=O) groups excluding carboxylic acids is 1. The van der Waals surface area contributed by atoms with Crippen molar-refractivity contribution in [3.05, 3.63) is 88.8 Å². The summed E-state index contributed by atoms with van der Waals surface area (Å²) in [5, 5.41) is 0.637. The molecule has 0 aliphatic carbocycles. The van der Waals surface area contributed by atoms with Crippen LogP contribution in [0.1, 0.15) is 10.4 Å². The van der Waals surface area contributed by atoms with Gasteiger partial charge in [-0.15, -0.1) is 0 Å². The molecule has 0 N–H and O–H groups in total. The maximum Gasteiger partial charge on any atom is 0.349 e. The molecule has 0 saturated heterocycles. The minimum atomic E-state index is -0.602. The van der Waals surface area contributed by atoms with Crippen molar-refractivity contribution < 1.29 is 23.1 Å². The quantitative estimate of drug-likeness (QED) is 0.237. The highest BCUT2D eigenvalue weighted by molar-refractivity contribution is 5.92. The van der Waals surface area contributed by atoms with Crippen LogP contribution in [0.4, 0.5) is 0 Å². The van der Waals surface area contributed by atoms with Crippen molar-refractivity contribution >= 4 is 28.0 Å². The minimum absolute atomic E-state index is 0.186. The Balaban J connectivity index is 1.47. The van der Waals surface area contributed by atoms with E-state index in [4.69, 9.17) is 18.3 Å². The van der Waals surface area contributed by atoms with Gasteiger partial charge in [-0.25, -0.2) is 14.6 Å². The summed E-state index contributed by atoms with van der Waals surface area (Å²) in [5.41, 5.74) is 1.46. The van der Waals surface area contributed by atoms with E-state index in [9.17, 15) is 9.59 Å². The van der Waals surface area contributed by atoms with E-state index in [-0.39, 0.29) is 22.8 Å². The van der Waals surface area contributed by atoms with Crippen LogP contribution in [0.3, 0.4) is 0 Å². The predicted octanol–water partition coefficient (Wildman–Crippen LogP) is 4.83. The third-order valence-electron chi connectivity index (χ3n) is 4.75. The average molecular weight is 413 g/mol. The number of esters is 1. The van der Waals surface area contributed by atoms with Crippen LogP contribution in [0, 0.1) is 0 Å². The van der Waals surface area contributed by atoms with Crippen LogP contribution in [0.2, 0.25) is 0 Å². The number of ether oxygens (including phenoxy) is 2. The normalized spacial score (nSPS) is 11.0. The number of hydrogen-bond acceptors (Lipinski definition) is 7. The third-order valence-corrected chi connectivity index (χ3v) is 4.75. The summed E-state index contributed by atoms with van der Waals surface area (Å²) < 4.78 is 21.7. The van der Waals surface area contributed by atoms with E-state index >= 15 is 0 Å². The van der Waals surface area contributed by atoms with Gasteiger partial charge in [-0.1, -0.05) is 18.2 Å². The lowest BCUT2D eigenvalue weighted by molar-refractivity contribution is 0.0734. The van der Waals surface area contributed by atoms with E-state index in [1.54, 1.807) is 54.6 Å². The molecule has 0 bridgehead atoms. The van der Waals surface area contributed by atoms with Crippen LogP contribution >= 0.6 is 0 Å². The molecule has 7 nitrogen and oxygen atoms in total. The second-order valence-electron chi connectivity index (χ2n) is 6.76. The Morgan fingerprint density at radius 2 is 1.74 bits per heavy atom. The van der Waals surface area contributed by atoms with Crippen molar-refractivity contribution in [2.24, 2.45) is 0 Å². The lowest BCUT2D eigenvalue weighted by Crippen LogP contribution is -2.08. The van der Waals surface area contributed by atoms with Crippen molar-refractivity contribution in [3.8, 4) is 23.0 Å². The van der Waals surface area contributed by atoms with Gasteiger partial charge in [0.1, 0.15) is 28.2 Å². The molecule has 7 heteroatoms. The number of para-hydroxylation sites is 2. The number of nitrogens with zero attached hydrogens (tertiary/aromatic N) is 1. The van der Waals surface area contributed by atoms with Gasteiger partial charge in [0.15, 0.2) is 5.58 Å². The Labute approximate surface area is 175 Å². The fourth-order valence-corrected chi connectivity index (χ4v) is 3.21. The number of methoxy groups -OCH3 is 1. The first-order valence-electron chi connectivity index (χ1n) is 9.41. The van der Waals surface area contributed by atoms with Gasteiger partial charge in [0, 0.05) is 11.5 Å². The fraction of sp³-hybridized carbons (Fsp3) is 0.0417. The fourth-order valence-electron chi connectivity index (χ4n) is 3.21. The highest BCUT2D eigenvalue weighted by Gasteiger charge is 2.16. The summed E-state index contributed by atoms with van der Waals surface area (Å²) in [4.78, 5) is 29.3. The Morgan fingerprint density at radius 3 is 2.58 bits per heavy atom. The zero-order valence-electron chi connectivity index (χ0n) is 16.3. The number of fused-ring (bicyclic) bond motifs is 2. The highest BCUT2D eigenvalue weighted by atomic mass is 16.5. The smallest absolute Gasteiger partial charge is 0.349 e. The summed E-state index contributed by atoms with van der Waals surface area (Å²) in [6.45, 7) is 0. The zero-order valence-corrected chi connectivity index (χ0v) is 16.3. The van der Waals surface area contributed by atoms with Gasteiger partial charge in [0.05, 0.1) is 12.7 Å². The molecule has 2 heterocycles. The first-order valence-corrected chi connectivity index (χ1v) is 9.41. The minimum Gasteiger partial charge on any atom is -0.497 e. The van der Waals surface area contributed by atoms with Crippen molar-refractivity contribution in [2.45, 2.75) is 0 Å². The predicted molar refractivity (Wildman–Crippen MR) is 113 cm³/mol. The van der Waals surface area contributed by atoms with Crippen LogP contribution in [0.5, 0.6) is 11.5 Å². The molecule has 0 amide bonds. The van der Waals surface area contributed by atoms with E-state index < -0.39 is 11.6 Å². The van der Waals surface area contributed by atoms with Crippen LogP contribution in [-0.2, 0) is 0 Å². The largest absolute Gasteiger partial charge is 0.497 e. The second kappa shape index (κ2) is 7.46. The molecule has 5 aromatic rings. The number of carbonyl (C=O) groups is 1. The van der Waals surface area contributed by atoms with Crippen LogP contribution in [-0.4, -0.2) is 18.1 Å². The number of hydrogen-bond donors (Lipinski definition) is 0. The van der Waals surface area contributed by atoms with E-state index in [1.165, 1.54) is 13.2 Å². The molecule has 5 rings (SSSR count). The van der Waals surface area contributed by atoms with Gasteiger partial charge in [0.2, 0.25) is 5.89 Å². The molecular formula is C24H15NO6. The molecule has 3 aromatic carbocycles. The second-order valence-corrected chi connectivity index (χ2v) is 6.76. The molecule has 0 aliphatic rings. The Morgan fingerprint density at radius 1 is 0.871 bits per heavy atom. The summed E-state index contributed by atoms with van der Waals surface area (Å²) in [6, 6.07) is 20.3. The van der Waals surface area contributed by atoms with Crippen LogP contribution in [0.15, 0.2) is 86.4 Å². The molecule has 0 spiro atoms. The van der Waals surface area contributed by atoms with Gasteiger partial charge in [-0.3, -0.25) is 0 Å². The molecule has 0 aliphatic heterocycles. The Bertz CT molecular complexity index is 1460. The number of aromatic nitrogens is 1. The molecule has 0 unspecified atom stereocenters. The van der Waals surface area contributed by atoms with E-state index in [0.29, 0.717) is 27.8 Å².